The van der Waals surface area contributed by atoms with Gasteiger partial charge in [-0.15, -0.1) is 0 Å². The van der Waals surface area contributed by atoms with Crippen molar-refractivity contribution in [1.29, 1.82) is 0 Å². The second-order valence-corrected chi connectivity index (χ2v) is 5.72. The second kappa shape index (κ2) is 4.96. The van der Waals surface area contributed by atoms with E-state index in [0.717, 1.165) is 11.3 Å². The molecule has 0 spiro atoms. The summed E-state index contributed by atoms with van der Waals surface area (Å²) in [5.41, 5.74) is 2.40. The Balaban J connectivity index is 1.79. The minimum Gasteiger partial charge on any atom is -0.497 e. The number of fused-ring (bicyclic) bond motifs is 2. The Hall–Kier alpha value is -2.60. The molecular formula is C17H16N2O4. The van der Waals surface area contributed by atoms with Crippen molar-refractivity contribution in [3.05, 3.63) is 53.4 Å². The molecule has 2 unspecified atom stereocenters. The van der Waals surface area contributed by atoms with Gasteiger partial charge < -0.3 is 4.74 Å². The largest absolute Gasteiger partial charge is 0.497 e. The van der Waals surface area contributed by atoms with Crippen molar-refractivity contribution >= 4 is 17.4 Å². The highest BCUT2D eigenvalue weighted by Crippen LogP contribution is 2.45. The number of hydrogen-bond acceptors (Lipinski definition) is 5. The number of ketones is 1. The van der Waals surface area contributed by atoms with Crippen LogP contribution in [-0.4, -0.2) is 30.7 Å². The number of amides is 1. The molecule has 0 aromatic heterocycles. The first-order valence-electron chi connectivity index (χ1n) is 7.44. The minimum absolute atomic E-state index is 0.390. The Labute approximate surface area is 133 Å². The summed E-state index contributed by atoms with van der Waals surface area (Å²) in [5, 5.41) is 1.63. The van der Waals surface area contributed by atoms with Crippen LogP contribution in [-0.2, 0) is 19.2 Å². The summed E-state index contributed by atoms with van der Waals surface area (Å²) >= 11 is 0. The van der Waals surface area contributed by atoms with Gasteiger partial charge in [-0.2, -0.15) is 0 Å². The van der Waals surface area contributed by atoms with E-state index < -0.39 is 23.8 Å². The number of carbonyl (C=O) groups excluding carboxylic acids is 2. The number of carbonyl (C=O) groups is 2. The maximum absolute atomic E-state index is 12.5. The molecule has 0 radical (unpaired) electrons. The highest BCUT2D eigenvalue weighted by molar-refractivity contribution is 6.40. The summed E-state index contributed by atoms with van der Waals surface area (Å²) in [6.45, 7) is 0. The molecule has 1 saturated heterocycles. The molecule has 0 N–H and O–H groups in total. The van der Waals surface area contributed by atoms with E-state index >= 15 is 0 Å². The molecule has 3 aliphatic rings. The number of methoxy groups -OCH3 is 1. The Morgan fingerprint density at radius 2 is 2.04 bits per heavy atom. The summed E-state index contributed by atoms with van der Waals surface area (Å²) in [6, 6.07) is 7.63. The lowest BCUT2D eigenvalue weighted by Gasteiger charge is -2.27. The number of nitrogens with zero attached hydrogens (tertiary/aromatic N) is 2. The molecule has 2 atom stereocenters. The maximum Gasteiger partial charge on any atom is 0.297 e. The Kier molecular flexibility index (Phi) is 3.02. The number of Topliss-reactive ketones (excluding diaryl/α,β-unsaturated/α-hetero) is 1. The van der Waals surface area contributed by atoms with Crippen molar-refractivity contribution in [2.75, 3.05) is 19.2 Å². The van der Waals surface area contributed by atoms with E-state index in [4.69, 9.17) is 9.57 Å². The van der Waals surface area contributed by atoms with Gasteiger partial charge in [0.15, 0.2) is 6.23 Å². The van der Waals surface area contributed by atoms with E-state index in [-0.39, 0.29) is 0 Å². The zero-order valence-electron chi connectivity index (χ0n) is 12.9. The van der Waals surface area contributed by atoms with Crippen LogP contribution in [0.15, 0.2) is 47.9 Å². The average Bonchev–Trinajstić information content (AvgIpc) is 3.03. The number of likely N-dealkylation sites (tertiary alicyclic amines) is 1. The number of allylic oxidation sites excluding steroid dienone is 3. The predicted octanol–water partition coefficient (Wildman–Crippen LogP) is 1.91. The van der Waals surface area contributed by atoms with Crippen LogP contribution in [0.1, 0.15) is 18.2 Å². The van der Waals surface area contributed by atoms with Gasteiger partial charge in [0.05, 0.1) is 18.7 Å². The molecule has 1 fully saturated rings. The summed E-state index contributed by atoms with van der Waals surface area (Å²) in [7, 11) is 3.36. The molecule has 6 nitrogen and oxygen atoms in total. The number of benzene rings is 1. The number of rotatable bonds is 2. The number of anilines is 1. The molecule has 1 aromatic rings. The predicted molar refractivity (Wildman–Crippen MR) is 81.8 cm³/mol. The van der Waals surface area contributed by atoms with Crippen molar-refractivity contribution in [2.24, 2.45) is 5.92 Å². The molecule has 2 aliphatic heterocycles. The average molecular weight is 312 g/mol. The van der Waals surface area contributed by atoms with E-state index in [1.807, 2.05) is 30.3 Å². The zero-order chi connectivity index (χ0) is 16.1. The van der Waals surface area contributed by atoms with Crippen LogP contribution >= 0.6 is 0 Å². The fourth-order valence-corrected chi connectivity index (χ4v) is 3.34. The van der Waals surface area contributed by atoms with E-state index in [1.165, 1.54) is 4.90 Å². The molecule has 1 aromatic carbocycles. The molecule has 1 amide bonds. The molecule has 118 valence electrons. The lowest BCUT2D eigenvalue weighted by Crippen LogP contribution is -2.32. The van der Waals surface area contributed by atoms with Crippen molar-refractivity contribution < 1.29 is 19.2 Å². The summed E-state index contributed by atoms with van der Waals surface area (Å²) < 4.78 is 5.26. The van der Waals surface area contributed by atoms with Gasteiger partial charge in [-0.05, 0) is 18.6 Å². The van der Waals surface area contributed by atoms with Gasteiger partial charge in [-0.3, -0.25) is 19.6 Å². The Morgan fingerprint density at radius 1 is 1.26 bits per heavy atom. The number of hydrogen-bond donors (Lipinski definition) is 0. The van der Waals surface area contributed by atoms with Gasteiger partial charge in [-0.25, -0.2) is 4.84 Å². The highest BCUT2D eigenvalue weighted by atomic mass is 16.7. The van der Waals surface area contributed by atoms with Gasteiger partial charge in [0.25, 0.3) is 5.91 Å². The van der Waals surface area contributed by atoms with E-state index in [1.54, 1.807) is 25.3 Å². The molecule has 1 aliphatic carbocycles. The van der Waals surface area contributed by atoms with E-state index in [9.17, 15) is 9.59 Å². The fraction of sp³-hybridized carbons (Fsp3) is 0.294. The zero-order valence-corrected chi connectivity index (χ0v) is 12.9. The van der Waals surface area contributed by atoms with Crippen LogP contribution in [0.3, 0.4) is 0 Å². The monoisotopic (exact) mass is 312 g/mol. The van der Waals surface area contributed by atoms with Gasteiger partial charge in [0, 0.05) is 24.4 Å². The smallest absolute Gasteiger partial charge is 0.297 e. The first-order valence-corrected chi connectivity index (χ1v) is 7.44. The third-order valence-corrected chi connectivity index (χ3v) is 4.50. The molecule has 4 rings (SSSR count). The van der Waals surface area contributed by atoms with E-state index in [2.05, 4.69) is 0 Å². The van der Waals surface area contributed by atoms with Gasteiger partial charge >= 0.3 is 0 Å². The summed E-state index contributed by atoms with van der Waals surface area (Å²) in [6.07, 6.45) is 3.43. The second-order valence-electron chi connectivity index (χ2n) is 5.72. The molecule has 2 heterocycles. The minimum atomic E-state index is -0.625. The van der Waals surface area contributed by atoms with Gasteiger partial charge in [0.2, 0.25) is 5.78 Å². The Morgan fingerprint density at radius 3 is 2.83 bits per heavy atom. The highest BCUT2D eigenvalue weighted by Gasteiger charge is 2.50. The molecular weight excluding hydrogens is 296 g/mol. The summed E-state index contributed by atoms with van der Waals surface area (Å²) in [5.74, 6) is -0.702. The van der Waals surface area contributed by atoms with Crippen molar-refractivity contribution in [2.45, 2.75) is 12.6 Å². The molecule has 0 bridgehead atoms. The van der Waals surface area contributed by atoms with Gasteiger partial charge in [-0.1, -0.05) is 18.2 Å². The molecule has 23 heavy (non-hydrogen) atoms. The summed E-state index contributed by atoms with van der Waals surface area (Å²) in [4.78, 5) is 32.2. The first kappa shape index (κ1) is 14.0. The van der Waals surface area contributed by atoms with Gasteiger partial charge in [0.1, 0.15) is 5.76 Å². The fourth-order valence-electron chi connectivity index (χ4n) is 3.34. The normalized spacial score (nSPS) is 26.0. The first-order chi connectivity index (χ1) is 11.1. The lowest BCUT2D eigenvalue weighted by molar-refractivity contribution is -0.147. The van der Waals surface area contributed by atoms with Crippen molar-refractivity contribution in [3.63, 3.8) is 0 Å². The van der Waals surface area contributed by atoms with Crippen LogP contribution < -0.4 is 5.06 Å². The number of para-hydroxylation sites is 1. The SMILES string of the molecule is COC1=CCC2C(=O)C(=O)N(C3ON(C)c4ccccc43)C2=C1. The number of hydroxylamine groups is 1. The van der Waals surface area contributed by atoms with Crippen LogP contribution in [0.4, 0.5) is 5.69 Å². The van der Waals surface area contributed by atoms with Crippen LogP contribution in [0.25, 0.3) is 0 Å². The van der Waals surface area contributed by atoms with Crippen LogP contribution in [0.2, 0.25) is 0 Å². The van der Waals surface area contributed by atoms with Crippen molar-refractivity contribution in [3.8, 4) is 0 Å². The quantitative estimate of drug-likeness (QED) is 0.781. The Bertz CT molecular complexity index is 768. The maximum atomic E-state index is 12.5. The van der Waals surface area contributed by atoms with E-state index in [0.29, 0.717) is 17.9 Å². The molecule has 6 heteroatoms. The van der Waals surface area contributed by atoms with Crippen molar-refractivity contribution in [1.82, 2.24) is 4.90 Å². The van der Waals surface area contributed by atoms with Crippen LogP contribution in [0, 0.1) is 5.92 Å². The number of ether oxygens (including phenoxy) is 1. The topological polar surface area (TPSA) is 59.1 Å². The third kappa shape index (κ3) is 1.91. The molecule has 0 saturated carbocycles. The lowest BCUT2D eigenvalue weighted by atomic mass is 9.95. The third-order valence-electron chi connectivity index (χ3n) is 4.50. The van der Waals surface area contributed by atoms with Crippen LogP contribution in [0.5, 0.6) is 0 Å². The standard InChI is InChI=1S/C17H16N2O4/c1-18-13-6-4-3-5-12(13)17(23-18)19-14-9-10(22-2)7-8-11(14)15(20)16(19)21/h3-7,9,11,17H,8H2,1-2H3.